The van der Waals surface area contributed by atoms with E-state index in [1.165, 1.54) is 21.3 Å². The Bertz CT molecular complexity index is 1370. The van der Waals surface area contributed by atoms with Crippen molar-refractivity contribution >= 4 is 33.5 Å². The SMILES string of the molecule is COc1cc(C(=O)OCCCNCCCOC(=O)c2c3ccccc3cc3ccccc23)cc(OC)c1OC. The molecule has 0 radical (unpaired) electrons. The van der Waals surface area contributed by atoms with Crippen molar-refractivity contribution in [1.82, 2.24) is 5.32 Å². The highest BCUT2D eigenvalue weighted by Gasteiger charge is 2.18. The van der Waals surface area contributed by atoms with E-state index in [-0.39, 0.29) is 12.6 Å². The molecule has 0 aliphatic carbocycles. The van der Waals surface area contributed by atoms with Crippen molar-refractivity contribution in [2.24, 2.45) is 0 Å². The van der Waals surface area contributed by atoms with Crippen molar-refractivity contribution in [1.29, 1.82) is 0 Å². The highest BCUT2D eigenvalue weighted by molar-refractivity contribution is 6.16. The molecule has 0 saturated heterocycles. The highest BCUT2D eigenvalue weighted by Crippen LogP contribution is 2.38. The molecule has 0 amide bonds. The number of methoxy groups -OCH3 is 3. The lowest BCUT2D eigenvalue weighted by molar-refractivity contribution is 0.0499. The number of hydrogen-bond acceptors (Lipinski definition) is 8. The summed E-state index contributed by atoms with van der Waals surface area (Å²) in [6.07, 6.45) is 1.30. The topological polar surface area (TPSA) is 92.3 Å². The predicted molar refractivity (Wildman–Crippen MR) is 150 cm³/mol. The van der Waals surface area contributed by atoms with Crippen LogP contribution in [0.2, 0.25) is 0 Å². The minimum Gasteiger partial charge on any atom is -0.493 e. The lowest BCUT2D eigenvalue weighted by atomic mass is 9.97. The summed E-state index contributed by atoms with van der Waals surface area (Å²) in [6, 6.07) is 20.9. The Labute approximate surface area is 227 Å². The normalized spacial score (nSPS) is 10.8. The first-order chi connectivity index (χ1) is 19.1. The zero-order chi connectivity index (χ0) is 27.6. The second-order valence-corrected chi connectivity index (χ2v) is 8.84. The summed E-state index contributed by atoms with van der Waals surface area (Å²) in [4.78, 5) is 25.5. The summed E-state index contributed by atoms with van der Waals surface area (Å²) in [6.45, 7) is 1.89. The molecule has 0 bridgehead atoms. The molecule has 0 aliphatic heterocycles. The number of fused-ring (bicyclic) bond motifs is 2. The van der Waals surface area contributed by atoms with E-state index >= 15 is 0 Å². The molecule has 8 nitrogen and oxygen atoms in total. The molecule has 0 unspecified atom stereocenters. The smallest absolute Gasteiger partial charge is 0.339 e. The summed E-state index contributed by atoms with van der Waals surface area (Å²) in [5, 5.41) is 7.08. The standard InChI is InChI=1S/C31H33NO7/c1-35-26-19-23(20-27(36-2)29(26)37-3)30(33)38-16-8-14-32-15-9-17-39-31(34)28-24-12-6-4-10-21(24)18-22-11-5-7-13-25(22)28/h4-7,10-13,18-20,32H,8-9,14-17H2,1-3H3. The Hall–Kier alpha value is -4.30. The molecule has 1 N–H and O–H groups in total. The lowest BCUT2D eigenvalue weighted by Gasteiger charge is -2.14. The molecule has 39 heavy (non-hydrogen) atoms. The maximum Gasteiger partial charge on any atom is 0.339 e. The Morgan fingerprint density at radius 1 is 0.667 bits per heavy atom. The van der Waals surface area contributed by atoms with Gasteiger partial charge in [0.15, 0.2) is 11.5 Å². The molecule has 0 saturated carbocycles. The van der Waals surface area contributed by atoms with Crippen LogP contribution in [-0.2, 0) is 9.47 Å². The van der Waals surface area contributed by atoms with E-state index in [1.54, 1.807) is 12.1 Å². The molecule has 4 aromatic carbocycles. The van der Waals surface area contributed by atoms with Gasteiger partial charge in [-0.05, 0) is 65.7 Å². The number of nitrogens with one attached hydrogen (secondary N) is 1. The number of rotatable bonds is 13. The van der Waals surface area contributed by atoms with E-state index in [0.29, 0.717) is 60.9 Å². The summed E-state index contributed by atoms with van der Waals surface area (Å²) < 4.78 is 26.9. The number of ether oxygens (including phenoxy) is 5. The zero-order valence-electron chi connectivity index (χ0n) is 22.5. The fourth-order valence-electron chi connectivity index (χ4n) is 4.44. The average molecular weight is 532 g/mol. The summed E-state index contributed by atoms with van der Waals surface area (Å²) in [7, 11) is 4.48. The van der Waals surface area contributed by atoms with Gasteiger partial charge < -0.3 is 29.0 Å². The minimum absolute atomic E-state index is 0.256. The van der Waals surface area contributed by atoms with Crippen LogP contribution in [0.5, 0.6) is 17.2 Å². The lowest BCUT2D eigenvalue weighted by Crippen LogP contribution is -2.20. The zero-order valence-corrected chi connectivity index (χ0v) is 22.5. The third kappa shape index (κ3) is 6.59. The largest absolute Gasteiger partial charge is 0.493 e. The van der Waals surface area contributed by atoms with Gasteiger partial charge in [0.05, 0.1) is 45.7 Å². The molecule has 0 atom stereocenters. The minimum atomic E-state index is -0.470. The van der Waals surface area contributed by atoms with Gasteiger partial charge in [-0.2, -0.15) is 0 Å². The van der Waals surface area contributed by atoms with Crippen LogP contribution in [0.1, 0.15) is 33.6 Å². The third-order valence-electron chi connectivity index (χ3n) is 6.34. The van der Waals surface area contributed by atoms with Crippen LogP contribution in [0.3, 0.4) is 0 Å². The second-order valence-electron chi connectivity index (χ2n) is 8.84. The van der Waals surface area contributed by atoms with Gasteiger partial charge in [0.2, 0.25) is 5.75 Å². The number of hydrogen-bond donors (Lipinski definition) is 1. The van der Waals surface area contributed by atoms with Crippen molar-refractivity contribution in [2.75, 3.05) is 47.6 Å². The Kier molecular flexibility index (Phi) is 9.58. The molecule has 0 spiro atoms. The van der Waals surface area contributed by atoms with Crippen LogP contribution in [0.15, 0.2) is 66.7 Å². The Morgan fingerprint density at radius 3 is 1.69 bits per heavy atom. The van der Waals surface area contributed by atoms with E-state index in [1.807, 2.05) is 48.5 Å². The van der Waals surface area contributed by atoms with E-state index in [4.69, 9.17) is 23.7 Å². The summed E-state index contributed by atoms with van der Waals surface area (Å²) >= 11 is 0. The molecule has 4 aromatic rings. The molecular formula is C31H33NO7. The van der Waals surface area contributed by atoms with Gasteiger partial charge in [0.25, 0.3) is 0 Å². The van der Waals surface area contributed by atoms with Gasteiger partial charge in [0.1, 0.15) is 0 Å². The molecule has 0 aromatic heterocycles. The van der Waals surface area contributed by atoms with Crippen molar-refractivity contribution in [3.63, 3.8) is 0 Å². The molecule has 4 rings (SSSR count). The predicted octanol–water partition coefficient (Wildman–Crippen LogP) is 5.40. The maximum atomic E-state index is 13.0. The van der Waals surface area contributed by atoms with Crippen molar-refractivity contribution in [3.8, 4) is 17.2 Å². The fourth-order valence-corrected chi connectivity index (χ4v) is 4.44. The van der Waals surface area contributed by atoms with E-state index in [9.17, 15) is 9.59 Å². The Balaban J connectivity index is 1.19. The van der Waals surface area contributed by atoms with Crippen LogP contribution < -0.4 is 19.5 Å². The first kappa shape index (κ1) is 27.7. The molecule has 0 aliphatic rings. The maximum absolute atomic E-state index is 13.0. The van der Waals surface area contributed by atoms with Crippen molar-refractivity contribution < 1.29 is 33.3 Å². The van der Waals surface area contributed by atoms with Gasteiger partial charge in [-0.25, -0.2) is 9.59 Å². The van der Waals surface area contributed by atoms with Gasteiger partial charge in [-0.15, -0.1) is 0 Å². The monoisotopic (exact) mass is 531 g/mol. The van der Waals surface area contributed by atoms with E-state index in [0.717, 1.165) is 21.5 Å². The van der Waals surface area contributed by atoms with Crippen LogP contribution in [0, 0.1) is 0 Å². The van der Waals surface area contributed by atoms with Crippen LogP contribution in [-0.4, -0.2) is 59.6 Å². The second kappa shape index (κ2) is 13.5. The first-order valence-electron chi connectivity index (χ1n) is 12.8. The van der Waals surface area contributed by atoms with Crippen LogP contribution in [0.4, 0.5) is 0 Å². The molecule has 0 fully saturated rings. The van der Waals surface area contributed by atoms with E-state index in [2.05, 4.69) is 11.4 Å². The summed E-state index contributed by atoms with van der Waals surface area (Å²) in [5.41, 5.74) is 0.920. The Morgan fingerprint density at radius 2 is 1.18 bits per heavy atom. The van der Waals surface area contributed by atoms with Crippen molar-refractivity contribution in [3.05, 3.63) is 77.9 Å². The number of benzene rings is 4. The average Bonchev–Trinajstić information content (AvgIpc) is 2.97. The fraction of sp³-hybridized carbons (Fsp3) is 0.290. The molecule has 0 heterocycles. The molecule has 8 heteroatoms. The number of carbonyl (C=O) groups excluding carboxylic acids is 2. The molecule has 204 valence electrons. The van der Waals surface area contributed by atoms with Gasteiger partial charge in [-0.1, -0.05) is 48.5 Å². The summed E-state index contributed by atoms with van der Waals surface area (Å²) in [5.74, 6) is 0.403. The van der Waals surface area contributed by atoms with Crippen LogP contribution in [0.25, 0.3) is 21.5 Å². The quantitative estimate of drug-likeness (QED) is 0.139. The van der Waals surface area contributed by atoms with Crippen molar-refractivity contribution in [2.45, 2.75) is 12.8 Å². The third-order valence-corrected chi connectivity index (χ3v) is 6.34. The number of carbonyl (C=O) groups is 2. The highest BCUT2D eigenvalue weighted by atomic mass is 16.5. The number of esters is 2. The first-order valence-corrected chi connectivity index (χ1v) is 12.8. The van der Waals surface area contributed by atoms with Gasteiger partial charge in [0, 0.05) is 0 Å². The van der Waals surface area contributed by atoms with E-state index < -0.39 is 5.97 Å². The van der Waals surface area contributed by atoms with Crippen LogP contribution >= 0.6 is 0 Å². The van der Waals surface area contributed by atoms with Gasteiger partial charge in [-0.3, -0.25) is 0 Å². The van der Waals surface area contributed by atoms with Gasteiger partial charge >= 0.3 is 11.9 Å². The molecular weight excluding hydrogens is 498 g/mol.